The third kappa shape index (κ3) is 30.6. The molecule has 1 heterocycles. The third-order valence-electron chi connectivity index (χ3n) is 9.16. The fourth-order valence-electron chi connectivity index (χ4n) is 5.84. The van der Waals surface area contributed by atoms with Gasteiger partial charge >= 0.3 is 11.9 Å². The molecule has 0 bridgehead atoms. The van der Waals surface area contributed by atoms with Crippen molar-refractivity contribution >= 4 is 22.1 Å². The average Bonchev–Trinajstić information content (AvgIpc) is 3.21. The predicted octanol–water partition coefficient (Wildman–Crippen LogP) is 8.66. The number of hydrogen-bond acceptors (Lipinski definition) is 11. The maximum Gasteiger partial charge on any atom is 0.306 e. The molecule has 0 amide bonds. The maximum absolute atomic E-state index is 12.8. The van der Waals surface area contributed by atoms with E-state index in [4.69, 9.17) is 18.9 Å². The summed E-state index contributed by atoms with van der Waals surface area (Å²) >= 11 is 0. The quantitative estimate of drug-likeness (QED) is 0.0209. The molecule has 60 heavy (non-hydrogen) atoms. The van der Waals surface area contributed by atoms with Crippen LogP contribution in [0.2, 0.25) is 0 Å². The largest absolute Gasteiger partial charge is 0.462 e. The summed E-state index contributed by atoms with van der Waals surface area (Å²) in [4.78, 5) is 25.4. The van der Waals surface area contributed by atoms with Crippen molar-refractivity contribution < 1.29 is 56.8 Å². The highest BCUT2D eigenvalue weighted by Gasteiger charge is 2.46. The van der Waals surface area contributed by atoms with Gasteiger partial charge in [-0.3, -0.25) is 14.1 Å². The second-order valence-corrected chi connectivity index (χ2v) is 16.1. The summed E-state index contributed by atoms with van der Waals surface area (Å²) in [6, 6.07) is 0. The second kappa shape index (κ2) is 36.2. The van der Waals surface area contributed by atoms with Gasteiger partial charge in [-0.1, -0.05) is 130 Å². The van der Waals surface area contributed by atoms with Gasteiger partial charge in [-0.25, -0.2) is 0 Å². The number of esters is 2. The van der Waals surface area contributed by atoms with Gasteiger partial charge in [0, 0.05) is 12.8 Å². The number of carbonyl (C=O) groups excluding carboxylic acids is 2. The Kier molecular flexibility index (Phi) is 33.0. The molecular formula is C47H74O12S. The van der Waals surface area contributed by atoms with E-state index >= 15 is 0 Å². The minimum absolute atomic E-state index is 0.126. The van der Waals surface area contributed by atoms with Crippen LogP contribution in [0.25, 0.3) is 0 Å². The van der Waals surface area contributed by atoms with Crippen LogP contribution in [0.1, 0.15) is 129 Å². The van der Waals surface area contributed by atoms with Gasteiger partial charge in [0.2, 0.25) is 0 Å². The lowest BCUT2D eigenvalue weighted by Gasteiger charge is -2.40. The summed E-state index contributed by atoms with van der Waals surface area (Å²) < 4.78 is 53.9. The number of unbranched alkanes of at least 4 members (excludes halogenated alkanes) is 6. The monoisotopic (exact) mass is 862 g/mol. The number of aliphatic hydroxyl groups excluding tert-OH is 3. The lowest BCUT2D eigenvalue weighted by atomic mass is 10.00. The van der Waals surface area contributed by atoms with Gasteiger partial charge in [-0.2, -0.15) is 8.42 Å². The predicted molar refractivity (Wildman–Crippen MR) is 237 cm³/mol. The van der Waals surface area contributed by atoms with E-state index in [9.17, 15) is 37.9 Å². The molecule has 0 aromatic rings. The van der Waals surface area contributed by atoms with E-state index in [2.05, 4.69) is 98.9 Å². The first kappa shape index (κ1) is 54.6. The molecule has 2 unspecified atom stereocenters. The number of hydrogen-bond donors (Lipinski definition) is 4. The van der Waals surface area contributed by atoms with Crippen LogP contribution in [0.5, 0.6) is 0 Å². The zero-order chi connectivity index (χ0) is 44.1. The molecule has 1 saturated heterocycles. The number of ether oxygens (including phenoxy) is 4. The van der Waals surface area contributed by atoms with E-state index in [-0.39, 0.29) is 19.4 Å². The van der Waals surface area contributed by atoms with Crippen LogP contribution < -0.4 is 0 Å². The molecule has 340 valence electrons. The molecule has 0 aromatic heterocycles. The fourth-order valence-corrected chi connectivity index (χ4v) is 6.53. The summed E-state index contributed by atoms with van der Waals surface area (Å²) in [5, 5.41) is 30.9. The van der Waals surface area contributed by atoms with Crippen LogP contribution >= 0.6 is 0 Å². The Hall–Kier alpha value is -3.43. The summed E-state index contributed by atoms with van der Waals surface area (Å²) in [7, 11) is -4.62. The molecule has 1 aliphatic heterocycles. The summed E-state index contributed by atoms with van der Waals surface area (Å²) in [5.41, 5.74) is 0. The Morgan fingerprint density at radius 3 is 1.53 bits per heavy atom. The van der Waals surface area contributed by atoms with Gasteiger partial charge in [0.25, 0.3) is 10.1 Å². The minimum atomic E-state index is -4.62. The van der Waals surface area contributed by atoms with Crippen molar-refractivity contribution in [3.8, 4) is 0 Å². The van der Waals surface area contributed by atoms with Gasteiger partial charge in [-0.05, 0) is 83.5 Å². The molecule has 0 spiro atoms. The van der Waals surface area contributed by atoms with Crippen LogP contribution in [-0.4, -0.2) is 96.0 Å². The molecule has 0 aliphatic carbocycles. The highest BCUT2D eigenvalue weighted by Crippen LogP contribution is 2.24. The smallest absolute Gasteiger partial charge is 0.306 e. The average molecular weight is 863 g/mol. The minimum Gasteiger partial charge on any atom is -0.462 e. The lowest BCUT2D eigenvalue weighted by Crippen LogP contribution is -2.60. The molecule has 4 N–H and O–H groups in total. The number of allylic oxidation sites excluding steroid dienone is 16. The molecule has 12 nitrogen and oxygen atoms in total. The molecule has 13 heteroatoms. The van der Waals surface area contributed by atoms with Crippen molar-refractivity contribution in [3.63, 3.8) is 0 Å². The van der Waals surface area contributed by atoms with Gasteiger partial charge < -0.3 is 34.3 Å². The van der Waals surface area contributed by atoms with Crippen molar-refractivity contribution in [1.82, 2.24) is 0 Å². The van der Waals surface area contributed by atoms with Crippen molar-refractivity contribution in [2.24, 2.45) is 0 Å². The molecular weight excluding hydrogens is 789 g/mol. The van der Waals surface area contributed by atoms with Crippen molar-refractivity contribution in [1.29, 1.82) is 0 Å². The first-order chi connectivity index (χ1) is 29.0. The van der Waals surface area contributed by atoms with Crippen molar-refractivity contribution in [2.75, 3.05) is 19.0 Å². The second-order valence-electron chi connectivity index (χ2n) is 14.6. The normalized spacial score (nSPS) is 21.1. The molecule has 0 saturated carbocycles. The Balaban J connectivity index is 2.53. The first-order valence-corrected chi connectivity index (χ1v) is 23.4. The molecule has 0 radical (unpaired) electrons. The SMILES string of the molecule is CC/C=C/C/C=C/C/C=C/C/C=C/C/C=C/CCCC(=O)OC[C@H](CO[C@H]1O[C@H](CS(=O)(=O)O)[C@@H](O)C(O)C1O)OC(=O)CCCCCCC/C=C/C/C=C/C/C=C/CC. The van der Waals surface area contributed by atoms with Crippen LogP contribution in [0.3, 0.4) is 0 Å². The zero-order valence-corrected chi connectivity index (χ0v) is 36.8. The number of carbonyl (C=O) groups is 2. The molecule has 1 aliphatic rings. The van der Waals surface area contributed by atoms with Crippen LogP contribution in [0.4, 0.5) is 0 Å². The fraction of sp³-hybridized carbons (Fsp3) is 0.617. The van der Waals surface area contributed by atoms with E-state index < -0.39 is 71.2 Å². The van der Waals surface area contributed by atoms with E-state index in [0.29, 0.717) is 19.3 Å². The lowest BCUT2D eigenvalue weighted by molar-refractivity contribution is -0.297. The number of rotatable bonds is 34. The van der Waals surface area contributed by atoms with Crippen molar-refractivity contribution in [3.05, 3.63) is 97.2 Å². The zero-order valence-electron chi connectivity index (χ0n) is 36.0. The van der Waals surface area contributed by atoms with Crippen LogP contribution in [0.15, 0.2) is 97.2 Å². The summed E-state index contributed by atoms with van der Waals surface area (Å²) in [6.07, 6.45) is 38.9. The Morgan fingerprint density at radius 2 is 1.02 bits per heavy atom. The molecule has 1 fully saturated rings. The third-order valence-corrected chi connectivity index (χ3v) is 9.91. The van der Waals surface area contributed by atoms with Crippen LogP contribution in [0, 0.1) is 0 Å². The van der Waals surface area contributed by atoms with Crippen LogP contribution in [-0.2, 0) is 38.7 Å². The molecule has 6 atom stereocenters. The maximum atomic E-state index is 12.8. The van der Waals surface area contributed by atoms with E-state index in [1.54, 1.807) is 0 Å². The Labute approximate surface area is 360 Å². The summed E-state index contributed by atoms with van der Waals surface area (Å²) in [6.45, 7) is 3.44. The van der Waals surface area contributed by atoms with Crippen molar-refractivity contribution in [2.45, 2.75) is 166 Å². The highest BCUT2D eigenvalue weighted by atomic mass is 32.2. The number of aliphatic hydroxyl groups is 3. The van der Waals surface area contributed by atoms with Gasteiger partial charge in [0.1, 0.15) is 36.8 Å². The summed E-state index contributed by atoms with van der Waals surface area (Å²) in [5.74, 6) is -2.10. The van der Waals surface area contributed by atoms with E-state index in [0.717, 1.165) is 83.5 Å². The van der Waals surface area contributed by atoms with Gasteiger partial charge in [0.15, 0.2) is 12.4 Å². The molecule has 1 rings (SSSR count). The Morgan fingerprint density at radius 1 is 0.567 bits per heavy atom. The molecule has 0 aromatic carbocycles. The highest BCUT2D eigenvalue weighted by molar-refractivity contribution is 7.85. The topological polar surface area (TPSA) is 186 Å². The van der Waals surface area contributed by atoms with Gasteiger partial charge in [-0.15, -0.1) is 0 Å². The first-order valence-electron chi connectivity index (χ1n) is 21.8. The standard InChI is InChI=1S/C47H74O12S/c1-3-5-7-9-11-13-15-17-19-20-22-23-25-27-29-31-33-35-42(48)56-37-40(38-57-47-46(52)45(51)44(50)41(59-47)39-60(53,54)55)58-43(49)36-34-32-30-28-26-24-21-18-16-14-12-10-8-6-4-2/h5-8,11-14,17-19,21-23,27,29,40-41,44-47,50-52H,3-4,9-10,15-16,20,24-26,28,30-39H2,1-2H3,(H,53,54,55)/b7-5+,8-6+,13-11+,14-12+,19-17+,21-18+,23-22+,29-27+/t40-,41-,44-,45?,46?,47+/m1/s1. The Bertz CT molecular complexity index is 1480. The van der Waals surface area contributed by atoms with Gasteiger partial charge in [0.05, 0.1) is 6.61 Å². The van der Waals surface area contributed by atoms with E-state index in [1.165, 1.54) is 0 Å². The van der Waals surface area contributed by atoms with E-state index in [1.807, 2.05) is 12.2 Å².